The number of fused-ring (bicyclic) bond motifs is 1. The Balaban J connectivity index is 0.00000456. The van der Waals surface area contributed by atoms with E-state index in [1.165, 1.54) is 37.5 Å². The Morgan fingerprint density at radius 3 is 2.22 bits per heavy atom. The van der Waals surface area contributed by atoms with Crippen LogP contribution in [0.1, 0.15) is 61.4 Å². The molecule has 0 fully saturated rings. The Labute approximate surface area is 222 Å². The summed E-state index contributed by atoms with van der Waals surface area (Å²) >= 11 is 0. The van der Waals surface area contributed by atoms with Crippen LogP contribution in [0.3, 0.4) is 0 Å². The normalized spacial score (nSPS) is 11.4. The number of quaternary nitrogens is 1. The highest BCUT2D eigenvalue weighted by Crippen LogP contribution is 2.17. The van der Waals surface area contributed by atoms with Crippen LogP contribution in [-0.2, 0) is 4.79 Å². The van der Waals surface area contributed by atoms with Gasteiger partial charge in [0.2, 0.25) is 0 Å². The Hall–Kier alpha value is -2.95. The number of hydrogen-bond donors (Lipinski definition) is 1. The molecule has 3 aromatic carbocycles. The molecule has 0 radical (unpaired) electrons. The third-order valence-electron chi connectivity index (χ3n) is 6.34. The van der Waals surface area contributed by atoms with E-state index in [4.69, 9.17) is 0 Å². The number of rotatable bonds is 13. The van der Waals surface area contributed by atoms with Gasteiger partial charge in [0.15, 0.2) is 12.3 Å². The first-order valence-corrected chi connectivity index (χ1v) is 12.8. The third kappa shape index (κ3) is 9.60. The molecule has 0 spiro atoms. The van der Waals surface area contributed by atoms with Gasteiger partial charge in [-0.15, -0.1) is 0 Å². The van der Waals surface area contributed by atoms with Crippen molar-refractivity contribution in [2.24, 2.45) is 0 Å². The van der Waals surface area contributed by atoms with Gasteiger partial charge in [-0.05, 0) is 65.6 Å². The molecule has 1 N–H and O–H groups in total. The topological polar surface area (TPSA) is 46.2 Å². The van der Waals surface area contributed by atoms with Crippen molar-refractivity contribution in [2.45, 2.75) is 45.4 Å². The Bertz CT molecular complexity index is 1150. The second kappa shape index (κ2) is 14.6. The van der Waals surface area contributed by atoms with E-state index in [1.807, 2.05) is 24.3 Å². The maximum atomic E-state index is 12.6. The molecular weight excluding hydrogens is 468 g/mol. The smallest absolute Gasteiger partial charge is 0.279 e. The maximum absolute atomic E-state index is 12.6. The number of halogens is 1. The van der Waals surface area contributed by atoms with E-state index in [1.54, 1.807) is 30.3 Å². The summed E-state index contributed by atoms with van der Waals surface area (Å²) in [5.41, 5.74) is 2.30. The average molecular weight is 507 g/mol. The van der Waals surface area contributed by atoms with E-state index in [0.717, 1.165) is 23.9 Å². The zero-order chi connectivity index (χ0) is 25.1. The van der Waals surface area contributed by atoms with Gasteiger partial charge < -0.3 is 22.2 Å². The van der Waals surface area contributed by atoms with E-state index in [-0.39, 0.29) is 24.1 Å². The van der Waals surface area contributed by atoms with Crippen LogP contribution in [0.2, 0.25) is 0 Å². The number of nitrogens with zero attached hydrogens (tertiary/aromatic N) is 1. The molecular formula is C31H39ClN2O2. The number of carbonyl (C=O) groups is 2. The van der Waals surface area contributed by atoms with Gasteiger partial charge in [0, 0.05) is 11.3 Å². The largest absolute Gasteiger partial charge is 1.00 e. The summed E-state index contributed by atoms with van der Waals surface area (Å²) in [4.78, 5) is 25.2. The molecule has 0 bridgehead atoms. The van der Waals surface area contributed by atoms with Crippen LogP contribution in [0.15, 0.2) is 72.8 Å². The summed E-state index contributed by atoms with van der Waals surface area (Å²) in [6.07, 6.45) is 11.0. The highest BCUT2D eigenvalue weighted by atomic mass is 35.5. The molecule has 0 atom stereocenters. The lowest BCUT2D eigenvalue weighted by molar-refractivity contribution is -0.882. The van der Waals surface area contributed by atoms with E-state index < -0.39 is 0 Å². The zero-order valence-corrected chi connectivity index (χ0v) is 22.6. The van der Waals surface area contributed by atoms with Crippen LogP contribution in [0.4, 0.5) is 5.69 Å². The molecule has 3 rings (SSSR count). The number of nitrogens with one attached hydrogen (secondary N) is 1. The molecule has 1 amide bonds. The predicted octanol–water partition coefficient (Wildman–Crippen LogP) is 4.12. The molecule has 4 nitrogen and oxygen atoms in total. The number of benzene rings is 3. The summed E-state index contributed by atoms with van der Waals surface area (Å²) in [6.45, 7) is 3.66. The first kappa shape index (κ1) is 29.3. The fourth-order valence-electron chi connectivity index (χ4n) is 4.29. The summed E-state index contributed by atoms with van der Waals surface area (Å²) in [7, 11) is 4.21. The lowest BCUT2D eigenvalue weighted by atomic mass is 10.1. The molecule has 0 unspecified atom stereocenters. The lowest BCUT2D eigenvalue weighted by Crippen LogP contribution is -3.00. The molecule has 0 saturated carbocycles. The Morgan fingerprint density at radius 2 is 1.50 bits per heavy atom. The van der Waals surface area contributed by atoms with Crippen molar-refractivity contribution in [1.82, 2.24) is 0 Å². The predicted molar refractivity (Wildman–Crippen MR) is 148 cm³/mol. The van der Waals surface area contributed by atoms with Gasteiger partial charge in [0.1, 0.15) is 0 Å². The number of allylic oxidation sites excluding steroid dienone is 1. The van der Waals surface area contributed by atoms with Crippen LogP contribution in [0.5, 0.6) is 0 Å². The fourth-order valence-corrected chi connectivity index (χ4v) is 4.29. The molecule has 36 heavy (non-hydrogen) atoms. The fraction of sp³-hybridized carbons (Fsp3) is 0.355. The molecule has 0 heterocycles. The number of ketones is 1. The Kier molecular flexibility index (Phi) is 11.9. The molecule has 0 aliphatic rings. The summed E-state index contributed by atoms with van der Waals surface area (Å²) in [6, 6.07) is 21.4. The standard InChI is InChI=1S/C31H38N2O2.ClH/c1-4-5-6-7-8-11-22-33(2,3)24-31(35)32-29-19-17-27(18-20-29)30(34)21-15-25-14-16-26-12-9-10-13-28(26)23-25;/h9-10,12-21,23H,4-8,11,22,24H2,1-3H3;1H/b21-15+;. The van der Waals surface area contributed by atoms with Gasteiger partial charge in [0.05, 0.1) is 20.6 Å². The monoisotopic (exact) mass is 506 g/mol. The number of amides is 1. The quantitative estimate of drug-likeness (QED) is 0.164. The van der Waals surface area contributed by atoms with Gasteiger partial charge >= 0.3 is 0 Å². The van der Waals surface area contributed by atoms with Crippen LogP contribution < -0.4 is 17.7 Å². The van der Waals surface area contributed by atoms with E-state index >= 15 is 0 Å². The molecule has 5 heteroatoms. The minimum atomic E-state index is -0.0622. The number of likely N-dealkylation sites (N-methyl/N-ethyl adjacent to an activating group) is 1. The maximum Gasteiger partial charge on any atom is 0.279 e. The molecule has 0 aliphatic carbocycles. The first-order valence-electron chi connectivity index (χ1n) is 12.8. The summed E-state index contributed by atoms with van der Waals surface area (Å²) < 4.78 is 0.676. The minimum absolute atomic E-state index is 0. The van der Waals surface area contributed by atoms with Crippen molar-refractivity contribution in [3.63, 3.8) is 0 Å². The van der Waals surface area contributed by atoms with Crippen molar-refractivity contribution >= 4 is 34.2 Å². The van der Waals surface area contributed by atoms with Gasteiger partial charge in [-0.25, -0.2) is 0 Å². The molecule has 192 valence electrons. The minimum Gasteiger partial charge on any atom is -1.00 e. The zero-order valence-electron chi connectivity index (χ0n) is 21.8. The number of unbranched alkanes of at least 4 members (excludes halogenated alkanes) is 5. The van der Waals surface area contributed by atoms with Crippen LogP contribution in [0, 0.1) is 0 Å². The van der Waals surface area contributed by atoms with Crippen molar-refractivity contribution in [3.05, 3.63) is 83.9 Å². The third-order valence-corrected chi connectivity index (χ3v) is 6.34. The van der Waals surface area contributed by atoms with Crippen molar-refractivity contribution in [2.75, 3.05) is 32.5 Å². The van der Waals surface area contributed by atoms with Gasteiger partial charge in [0.25, 0.3) is 5.91 Å². The van der Waals surface area contributed by atoms with Crippen LogP contribution >= 0.6 is 0 Å². The highest BCUT2D eigenvalue weighted by Gasteiger charge is 2.19. The molecule has 0 aliphatic heterocycles. The van der Waals surface area contributed by atoms with Crippen LogP contribution in [-0.4, -0.2) is 43.4 Å². The van der Waals surface area contributed by atoms with Crippen molar-refractivity contribution in [1.29, 1.82) is 0 Å². The van der Waals surface area contributed by atoms with E-state index in [9.17, 15) is 9.59 Å². The van der Waals surface area contributed by atoms with Gasteiger partial charge in [-0.2, -0.15) is 0 Å². The van der Waals surface area contributed by atoms with Crippen molar-refractivity contribution < 1.29 is 26.5 Å². The first-order chi connectivity index (χ1) is 16.9. The van der Waals surface area contributed by atoms with E-state index in [2.05, 4.69) is 50.6 Å². The highest BCUT2D eigenvalue weighted by molar-refractivity contribution is 6.07. The van der Waals surface area contributed by atoms with Crippen LogP contribution in [0.25, 0.3) is 16.8 Å². The van der Waals surface area contributed by atoms with Crippen molar-refractivity contribution in [3.8, 4) is 0 Å². The van der Waals surface area contributed by atoms with Gasteiger partial charge in [-0.1, -0.05) is 75.1 Å². The second-order valence-corrected chi connectivity index (χ2v) is 10.0. The molecule has 3 aromatic rings. The summed E-state index contributed by atoms with van der Waals surface area (Å²) in [5, 5.41) is 5.30. The second-order valence-electron chi connectivity index (χ2n) is 10.0. The number of carbonyl (C=O) groups excluding carboxylic acids is 2. The number of anilines is 1. The Morgan fingerprint density at radius 1 is 0.833 bits per heavy atom. The lowest BCUT2D eigenvalue weighted by Gasteiger charge is -2.29. The average Bonchev–Trinajstić information content (AvgIpc) is 2.84. The molecule has 0 aromatic heterocycles. The number of hydrogen-bond acceptors (Lipinski definition) is 2. The summed E-state index contributed by atoms with van der Waals surface area (Å²) in [5.74, 6) is -0.0657. The SMILES string of the molecule is CCCCCCCC[N+](C)(C)CC(=O)Nc1ccc(C(=O)/C=C/c2ccc3ccccc3c2)cc1.[Cl-]. The van der Waals surface area contributed by atoms with Gasteiger partial charge in [-0.3, -0.25) is 9.59 Å². The molecule has 0 saturated heterocycles. The van der Waals surface area contributed by atoms with E-state index in [0.29, 0.717) is 22.3 Å².